The Labute approximate surface area is 244 Å². The zero-order valence-corrected chi connectivity index (χ0v) is 23.3. The van der Waals surface area contributed by atoms with Crippen LogP contribution in [0.3, 0.4) is 0 Å². The van der Waals surface area contributed by atoms with Gasteiger partial charge in [0.25, 0.3) is 5.91 Å². The number of nitrogen functional groups attached to an aromatic ring is 1. The lowest BCUT2D eigenvalue weighted by Crippen LogP contribution is -2.47. The van der Waals surface area contributed by atoms with Crippen molar-refractivity contribution in [1.82, 2.24) is 39.0 Å². The Morgan fingerprint density at radius 3 is 2.58 bits per heavy atom. The Balaban J connectivity index is 1.14. The number of halogens is 1. The fraction of sp³-hybridized carbons (Fsp3) is 0.241. The number of carbonyl (C=O) groups excluding carboxylic acids is 1. The van der Waals surface area contributed by atoms with Crippen molar-refractivity contribution in [2.75, 3.05) is 43.4 Å². The molecule has 0 unspecified atom stereocenters. The summed E-state index contributed by atoms with van der Waals surface area (Å²) in [4.78, 5) is 34.8. The van der Waals surface area contributed by atoms with Crippen molar-refractivity contribution in [3.63, 3.8) is 0 Å². The predicted molar refractivity (Wildman–Crippen MR) is 158 cm³/mol. The molecule has 0 atom stereocenters. The van der Waals surface area contributed by atoms with Crippen molar-refractivity contribution >= 4 is 34.2 Å². The molecule has 0 bridgehead atoms. The Kier molecular flexibility index (Phi) is 6.46. The van der Waals surface area contributed by atoms with Crippen LogP contribution in [0.25, 0.3) is 39.7 Å². The first kappa shape index (κ1) is 26.5. The molecule has 43 heavy (non-hydrogen) atoms. The van der Waals surface area contributed by atoms with Crippen LogP contribution in [0.15, 0.2) is 59.5 Å². The molecule has 1 fully saturated rings. The molecule has 13 nitrogen and oxygen atoms in total. The highest BCUT2D eigenvalue weighted by molar-refractivity contribution is 6.04. The van der Waals surface area contributed by atoms with E-state index in [0.717, 1.165) is 5.56 Å². The van der Waals surface area contributed by atoms with E-state index in [2.05, 4.69) is 25.0 Å². The first-order valence-electron chi connectivity index (χ1n) is 13.8. The summed E-state index contributed by atoms with van der Waals surface area (Å²) in [5.41, 5.74) is 16.0. The molecule has 0 radical (unpaired) electrons. The van der Waals surface area contributed by atoms with Crippen LogP contribution in [0.2, 0.25) is 0 Å². The molecular formula is C29H28FN11O2. The lowest BCUT2D eigenvalue weighted by molar-refractivity contribution is 0.0990. The summed E-state index contributed by atoms with van der Waals surface area (Å²) < 4.78 is 23.4. The number of rotatable bonds is 7. The van der Waals surface area contributed by atoms with E-state index in [1.807, 2.05) is 34.6 Å². The number of aromatic nitrogens is 7. The number of carbonyl (C=O) groups is 1. The molecule has 0 spiro atoms. The molecule has 6 heterocycles. The van der Waals surface area contributed by atoms with Crippen molar-refractivity contribution in [2.24, 2.45) is 5.73 Å². The number of anilines is 2. The van der Waals surface area contributed by atoms with Gasteiger partial charge in [0, 0.05) is 51.0 Å². The van der Waals surface area contributed by atoms with Gasteiger partial charge in [-0.05, 0) is 42.8 Å². The zero-order valence-electron chi connectivity index (χ0n) is 23.3. The molecule has 1 aliphatic rings. The monoisotopic (exact) mass is 581 g/mol. The van der Waals surface area contributed by atoms with Crippen molar-refractivity contribution in [3.8, 4) is 23.0 Å². The van der Waals surface area contributed by atoms with Crippen LogP contribution in [-0.2, 0) is 6.54 Å². The molecule has 0 saturated carbocycles. The molecule has 1 aromatic carbocycles. The van der Waals surface area contributed by atoms with Gasteiger partial charge in [0.1, 0.15) is 29.1 Å². The average Bonchev–Trinajstić information content (AvgIpc) is 3.76. The summed E-state index contributed by atoms with van der Waals surface area (Å²) in [6.07, 6.45) is 4.72. The van der Waals surface area contributed by atoms with Crippen LogP contribution < -0.4 is 16.4 Å². The Bertz CT molecular complexity index is 1960. The summed E-state index contributed by atoms with van der Waals surface area (Å²) >= 11 is 0. The van der Waals surface area contributed by atoms with E-state index in [1.54, 1.807) is 24.5 Å². The maximum Gasteiger partial charge on any atom is 0.265 e. The van der Waals surface area contributed by atoms with Crippen LogP contribution in [0.5, 0.6) is 0 Å². The molecule has 1 amide bonds. The van der Waals surface area contributed by atoms with Gasteiger partial charge in [-0.1, -0.05) is 6.07 Å². The number of piperazine rings is 1. The molecule has 4 N–H and O–H groups in total. The number of primary amides is 1. The van der Waals surface area contributed by atoms with Crippen LogP contribution in [0.4, 0.5) is 16.0 Å². The van der Waals surface area contributed by atoms with Gasteiger partial charge in [0.2, 0.25) is 17.7 Å². The van der Waals surface area contributed by atoms with E-state index in [0.29, 0.717) is 90.3 Å². The highest BCUT2D eigenvalue weighted by Gasteiger charge is 2.26. The van der Waals surface area contributed by atoms with Crippen LogP contribution >= 0.6 is 0 Å². The maximum absolute atomic E-state index is 14.8. The Morgan fingerprint density at radius 1 is 1.02 bits per heavy atom. The third kappa shape index (κ3) is 4.61. The number of aryl methyl sites for hydroxylation is 1. The standard InChI is InChI=1S/C29H28FN11O2/c1-17-22-26(36-29(32)41-27(22)35-25(37-41)20-4-2-3-7-33-20)40(23(17)24(31)42)14-11-38-9-12-39(13-10-38)21-16-18(5-6-19(21)30)28-34-8-15-43-28/h2-8,15-16H,9-14H2,1H3,(H2,31,42)(H2,32,36). The summed E-state index contributed by atoms with van der Waals surface area (Å²) in [6.45, 7) is 5.54. The molecule has 218 valence electrons. The van der Waals surface area contributed by atoms with Crippen LogP contribution in [0, 0.1) is 12.7 Å². The van der Waals surface area contributed by atoms with E-state index in [1.165, 1.54) is 16.8 Å². The molecular weight excluding hydrogens is 553 g/mol. The molecule has 14 heteroatoms. The van der Waals surface area contributed by atoms with Gasteiger partial charge >= 0.3 is 0 Å². The SMILES string of the molecule is Cc1c(C(N)=O)n(CCN2CCN(c3cc(-c4ncco4)ccc3F)CC2)c2nc(N)n3nc(-c4ccccn4)nc3c12. The van der Waals surface area contributed by atoms with Crippen LogP contribution in [-0.4, -0.2) is 77.6 Å². The normalized spacial score (nSPS) is 14.2. The van der Waals surface area contributed by atoms with Gasteiger partial charge in [0.05, 0.1) is 17.3 Å². The fourth-order valence-corrected chi connectivity index (χ4v) is 5.75. The topological polar surface area (TPSA) is 163 Å². The minimum absolute atomic E-state index is 0.134. The number of oxazole rings is 1. The second kappa shape index (κ2) is 10.5. The first-order valence-corrected chi connectivity index (χ1v) is 13.8. The summed E-state index contributed by atoms with van der Waals surface area (Å²) in [7, 11) is 0. The lowest BCUT2D eigenvalue weighted by Gasteiger charge is -2.36. The number of fused-ring (bicyclic) bond motifs is 3. The largest absolute Gasteiger partial charge is 0.445 e. The van der Waals surface area contributed by atoms with Crippen LogP contribution in [0.1, 0.15) is 16.1 Å². The number of pyridine rings is 1. The second-order valence-electron chi connectivity index (χ2n) is 10.4. The number of amides is 1. The summed E-state index contributed by atoms with van der Waals surface area (Å²) in [5.74, 6) is 0.121. The Hall–Kier alpha value is -5.37. The minimum Gasteiger partial charge on any atom is -0.445 e. The second-order valence-corrected chi connectivity index (χ2v) is 10.4. The quantitative estimate of drug-likeness (QED) is 0.287. The van der Waals surface area contributed by atoms with E-state index < -0.39 is 5.91 Å². The third-order valence-corrected chi connectivity index (χ3v) is 7.85. The number of hydrogen-bond donors (Lipinski definition) is 2. The van der Waals surface area contributed by atoms with E-state index in [4.69, 9.17) is 20.9 Å². The van der Waals surface area contributed by atoms with E-state index in [9.17, 15) is 9.18 Å². The van der Waals surface area contributed by atoms with Gasteiger partial charge in [-0.2, -0.15) is 9.50 Å². The molecule has 5 aromatic heterocycles. The van der Waals surface area contributed by atoms with Crippen molar-refractivity contribution in [1.29, 1.82) is 0 Å². The third-order valence-electron chi connectivity index (χ3n) is 7.85. The zero-order chi connectivity index (χ0) is 29.7. The van der Waals surface area contributed by atoms with Gasteiger partial charge in [0.15, 0.2) is 5.65 Å². The summed E-state index contributed by atoms with van der Waals surface area (Å²) in [5, 5.41) is 5.17. The van der Waals surface area contributed by atoms with Gasteiger partial charge in [-0.15, -0.1) is 5.10 Å². The Morgan fingerprint density at radius 2 is 1.86 bits per heavy atom. The van der Waals surface area contributed by atoms with Gasteiger partial charge in [-0.25, -0.2) is 14.4 Å². The average molecular weight is 582 g/mol. The molecule has 6 aromatic rings. The van der Waals surface area contributed by atoms with Crippen molar-refractivity contribution in [3.05, 3.63) is 72.1 Å². The predicted octanol–water partition coefficient (Wildman–Crippen LogP) is 2.75. The van der Waals surface area contributed by atoms with E-state index in [-0.39, 0.29) is 11.8 Å². The smallest absolute Gasteiger partial charge is 0.265 e. The molecule has 1 aliphatic heterocycles. The molecule has 7 rings (SSSR count). The van der Waals surface area contributed by atoms with Crippen molar-refractivity contribution in [2.45, 2.75) is 13.5 Å². The fourth-order valence-electron chi connectivity index (χ4n) is 5.75. The molecule has 0 aliphatic carbocycles. The lowest BCUT2D eigenvalue weighted by atomic mass is 10.1. The minimum atomic E-state index is -0.567. The highest BCUT2D eigenvalue weighted by Crippen LogP contribution is 2.31. The number of nitrogens with zero attached hydrogens (tertiary/aromatic N) is 9. The first-order chi connectivity index (χ1) is 20.9. The van der Waals surface area contributed by atoms with Gasteiger partial charge in [-0.3, -0.25) is 14.7 Å². The molecule has 1 saturated heterocycles. The van der Waals surface area contributed by atoms with Gasteiger partial charge < -0.3 is 25.4 Å². The summed E-state index contributed by atoms with van der Waals surface area (Å²) in [6, 6.07) is 10.3. The van der Waals surface area contributed by atoms with E-state index >= 15 is 0 Å². The number of hydrogen-bond acceptors (Lipinski definition) is 10. The number of benzene rings is 1. The highest BCUT2D eigenvalue weighted by atomic mass is 19.1. The number of nitrogens with two attached hydrogens (primary N) is 2. The van der Waals surface area contributed by atoms with Crippen molar-refractivity contribution < 1.29 is 13.6 Å². The maximum atomic E-state index is 14.8.